The van der Waals surface area contributed by atoms with Gasteiger partial charge in [0.2, 0.25) is 11.8 Å². The SMILES string of the molecule is O=C1C=CC(=O)N1c1ccc(Cc2ccc(N3C(=O)C=CC3=O)cc2)cc1.O=C1CC(=O)NC(=O)N1. The Morgan fingerprint density at radius 1 is 0.528 bits per heavy atom. The van der Waals surface area contributed by atoms with E-state index in [1.807, 2.05) is 34.9 Å². The van der Waals surface area contributed by atoms with Crippen molar-refractivity contribution in [2.24, 2.45) is 0 Å². The van der Waals surface area contributed by atoms with Gasteiger partial charge in [-0.3, -0.25) is 39.4 Å². The van der Waals surface area contributed by atoms with Crippen molar-refractivity contribution in [1.82, 2.24) is 10.6 Å². The lowest BCUT2D eigenvalue weighted by Crippen LogP contribution is -2.49. The lowest BCUT2D eigenvalue weighted by molar-refractivity contribution is -0.130. The van der Waals surface area contributed by atoms with Crippen LogP contribution in [-0.4, -0.2) is 41.5 Å². The molecular formula is C25H18N4O7. The van der Waals surface area contributed by atoms with Crippen molar-refractivity contribution in [2.45, 2.75) is 12.8 Å². The van der Waals surface area contributed by atoms with Crippen LogP contribution in [0.4, 0.5) is 16.2 Å². The Balaban J connectivity index is 0.000000286. The smallest absolute Gasteiger partial charge is 0.277 e. The molecule has 0 spiro atoms. The van der Waals surface area contributed by atoms with Gasteiger partial charge in [-0.15, -0.1) is 0 Å². The molecule has 2 aromatic rings. The fourth-order valence-corrected chi connectivity index (χ4v) is 3.59. The summed E-state index contributed by atoms with van der Waals surface area (Å²) in [5.41, 5.74) is 3.09. The minimum Gasteiger partial charge on any atom is -0.277 e. The summed E-state index contributed by atoms with van der Waals surface area (Å²) >= 11 is 0. The average molecular weight is 486 g/mol. The van der Waals surface area contributed by atoms with Gasteiger partial charge in [0.1, 0.15) is 6.42 Å². The highest BCUT2D eigenvalue weighted by Gasteiger charge is 2.26. The molecule has 0 unspecified atom stereocenters. The summed E-state index contributed by atoms with van der Waals surface area (Å²) in [6.07, 6.45) is 5.39. The maximum atomic E-state index is 11.7. The predicted octanol–water partition coefficient (Wildman–Crippen LogP) is 0.879. The van der Waals surface area contributed by atoms with Gasteiger partial charge in [-0.25, -0.2) is 14.6 Å². The number of hydrogen-bond acceptors (Lipinski definition) is 7. The van der Waals surface area contributed by atoms with E-state index < -0.39 is 17.8 Å². The minimum absolute atomic E-state index is 0.258. The number of hydrogen-bond donors (Lipinski definition) is 2. The van der Waals surface area contributed by atoms with Crippen LogP contribution in [0.5, 0.6) is 0 Å². The topological polar surface area (TPSA) is 150 Å². The number of amides is 8. The Morgan fingerprint density at radius 3 is 1.17 bits per heavy atom. The third kappa shape index (κ3) is 5.30. The number of nitrogens with one attached hydrogen (secondary N) is 2. The van der Waals surface area contributed by atoms with Crippen molar-refractivity contribution in [3.63, 3.8) is 0 Å². The van der Waals surface area contributed by atoms with E-state index in [1.165, 1.54) is 24.3 Å². The van der Waals surface area contributed by atoms with Gasteiger partial charge in [-0.05, 0) is 41.8 Å². The highest BCUT2D eigenvalue weighted by atomic mass is 16.2. The first kappa shape index (κ1) is 24.0. The van der Waals surface area contributed by atoms with Gasteiger partial charge in [0.05, 0.1) is 11.4 Å². The molecule has 11 heteroatoms. The zero-order valence-corrected chi connectivity index (χ0v) is 18.6. The number of imide groups is 4. The van der Waals surface area contributed by atoms with E-state index in [9.17, 15) is 33.6 Å². The Morgan fingerprint density at radius 2 is 0.861 bits per heavy atom. The second kappa shape index (κ2) is 9.97. The first-order valence-corrected chi connectivity index (χ1v) is 10.6. The van der Waals surface area contributed by atoms with Crippen LogP contribution in [0.1, 0.15) is 17.5 Å². The standard InChI is InChI=1S/C21H14N2O4.C4H4N2O3/c24-18-9-10-19(25)22(18)16-5-1-14(2-6-16)13-15-3-7-17(8-4-15)23-20(26)11-12-21(23)27;7-2-1-3(8)6-4(9)5-2/h1-12H,13H2;1H2,(H2,5,6,7,8,9). The molecule has 0 aromatic heterocycles. The summed E-state index contributed by atoms with van der Waals surface area (Å²) in [6.45, 7) is 0. The molecule has 0 atom stereocenters. The molecule has 36 heavy (non-hydrogen) atoms. The normalized spacial score (nSPS) is 16.8. The average Bonchev–Trinajstić information content (AvgIpc) is 3.34. The largest absolute Gasteiger partial charge is 0.328 e. The maximum absolute atomic E-state index is 11.7. The fraction of sp³-hybridized carbons (Fsp3) is 0.0800. The molecule has 1 saturated heterocycles. The van der Waals surface area contributed by atoms with Crippen LogP contribution in [0.3, 0.4) is 0 Å². The van der Waals surface area contributed by atoms with Gasteiger partial charge < -0.3 is 0 Å². The third-order valence-electron chi connectivity index (χ3n) is 5.24. The first-order chi connectivity index (χ1) is 17.2. The van der Waals surface area contributed by atoms with Crippen molar-refractivity contribution in [2.75, 3.05) is 9.80 Å². The number of carbonyl (C=O) groups excluding carboxylic acids is 7. The highest BCUT2D eigenvalue weighted by molar-refractivity contribution is 6.28. The molecule has 0 radical (unpaired) electrons. The molecule has 5 rings (SSSR count). The summed E-state index contributed by atoms with van der Waals surface area (Å²) in [4.78, 5) is 79.9. The number of nitrogens with zero attached hydrogens (tertiary/aromatic N) is 2. The number of carbonyl (C=O) groups is 7. The molecular weight excluding hydrogens is 468 g/mol. The van der Waals surface area contributed by atoms with Crippen LogP contribution in [0.25, 0.3) is 0 Å². The molecule has 3 aliphatic rings. The van der Waals surface area contributed by atoms with Crippen molar-refractivity contribution in [1.29, 1.82) is 0 Å². The molecule has 3 heterocycles. The fourth-order valence-electron chi connectivity index (χ4n) is 3.59. The van der Waals surface area contributed by atoms with E-state index in [2.05, 4.69) is 0 Å². The number of benzene rings is 2. The third-order valence-corrected chi connectivity index (χ3v) is 5.24. The van der Waals surface area contributed by atoms with Crippen molar-refractivity contribution in [3.8, 4) is 0 Å². The second-order valence-electron chi connectivity index (χ2n) is 7.80. The van der Waals surface area contributed by atoms with E-state index in [-0.39, 0.29) is 30.0 Å². The van der Waals surface area contributed by atoms with Crippen LogP contribution in [0, 0.1) is 0 Å². The molecule has 180 valence electrons. The molecule has 2 N–H and O–H groups in total. The van der Waals surface area contributed by atoms with Crippen LogP contribution < -0.4 is 20.4 Å². The van der Waals surface area contributed by atoms with Gasteiger partial charge in [0.15, 0.2) is 0 Å². The Kier molecular flexibility index (Phi) is 6.63. The lowest BCUT2D eigenvalue weighted by Gasteiger charge is -2.15. The molecule has 8 amide bonds. The number of urea groups is 1. The molecule has 0 aliphatic carbocycles. The van der Waals surface area contributed by atoms with Crippen LogP contribution in [0.15, 0.2) is 72.8 Å². The molecule has 0 bridgehead atoms. The summed E-state index contributed by atoms with van der Waals surface area (Å²) in [7, 11) is 0. The van der Waals surface area contributed by atoms with E-state index in [1.54, 1.807) is 24.3 Å². The van der Waals surface area contributed by atoms with Crippen LogP contribution in [-0.2, 0) is 35.2 Å². The quantitative estimate of drug-likeness (QED) is 0.481. The Bertz CT molecular complexity index is 1190. The van der Waals surface area contributed by atoms with E-state index in [0.717, 1.165) is 20.9 Å². The zero-order valence-electron chi connectivity index (χ0n) is 18.6. The number of anilines is 2. The minimum atomic E-state index is -0.740. The van der Waals surface area contributed by atoms with Gasteiger partial charge >= 0.3 is 6.03 Å². The predicted molar refractivity (Wildman–Crippen MR) is 125 cm³/mol. The summed E-state index contributed by atoms with van der Waals surface area (Å²) in [5.74, 6) is -2.48. The molecule has 0 saturated carbocycles. The molecule has 1 fully saturated rings. The highest BCUT2D eigenvalue weighted by Crippen LogP contribution is 2.23. The number of barbiturate groups is 1. The maximum Gasteiger partial charge on any atom is 0.328 e. The zero-order chi connectivity index (χ0) is 25.8. The first-order valence-electron chi connectivity index (χ1n) is 10.6. The van der Waals surface area contributed by atoms with Gasteiger partial charge in [-0.1, -0.05) is 24.3 Å². The summed E-state index contributed by atoms with van der Waals surface area (Å²) < 4.78 is 0. The van der Waals surface area contributed by atoms with Crippen molar-refractivity contribution < 1.29 is 33.6 Å². The summed E-state index contributed by atoms with van der Waals surface area (Å²) in [5, 5.41) is 3.80. The van der Waals surface area contributed by atoms with Crippen LogP contribution in [0.2, 0.25) is 0 Å². The lowest BCUT2D eigenvalue weighted by atomic mass is 10.0. The van der Waals surface area contributed by atoms with E-state index in [4.69, 9.17) is 0 Å². The molecule has 2 aromatic carbocycles. The van der Waals surface area contributed by atoms with Crippen molar-refractivity contribution in [3.05, 3.63) is 84.0 Å². The summed E-state index contributed by atoms with van der Waals surface area (Å²) in [6, 6.07) is 13.6. The second-order valence-corrected chi connectivity index (χ2v) is 7.80. The van der Waals surface area contributed by atoms with Gasteiger partial charge in [-0.2, -0.15) is 0 Å². The van der Waals surface area contributed by atoms with E-state index >= 15 is 0 Å². The van der Waals surface area contributed by atoms with E-state index in [0.29, 0.717) is 17.8 Å². The Hall–Kier alpha value is -5.19. The van der Waals surface area contributed by atoms with Crippen LogP contribution >= 0.6 is 0 Å². The molecule has 3 aliphatic heterocycles. The Labute approximate surface area is 204 Å². The molecule has 11 nitrogen and oxygen atoms in total. The monoisotopic (exact) mass is 486 g/mol. The number of rotatable bonds is 4. The van der Waals surface area contributed by atoms with Crippen molar-refractivity contribution >= 4 is 52.8 Å². The van der Waals surface area contributed by atoms with Gasteiger partial charge in [0, 0.05) is 24.3 Å². The van der Waals surface area contributed by atoms with Gasteiger partial charge in [0.25, 0.3) is 23.6 Å².